The lowest BCUT2D eigenvalue weighted by Gasteiger charge is -2.27. The smallest absolute Gasteiger partial charge is 0.330 e. The van der Waals surface area contributed by atoms with E-state index >= 15 is 0 Å². The Hall–Kier alpha value is -3.30. The van der Waals surface area contributed by atoms with E-state index in [2.05, 4.69) is 20.2 Å². The Balaban J connectivity index is 2.44. The highest BCUT2D eigenvalue weighted by Gasteiger charge is 2.54. The Morgan fingerprint density at radius 3 is 2.21 bits per heavy atom. The number of aliphatic hydroxyl groups is 2. The van der Waals surface area contributed by atoms with E-state index in [4.69, 9.17) is 14.2 Å². The monoisotopic (exact) mass is 615 g/mol. The van der Waals surface area contributed by atoms with Gasteiger partial charge in [0.15, 0.2) is 12.0 Å². The molecule has 0 bridgehead atoms. The minimum atomic E-state index is -4.14. The molecule has 18 heteroatoms. The Morgan fingerprint density at radius 1 is 1.19 bits per heavy atom. The molecule has 0 radical (unpaired) electrons. The molecule has 5 N–H and O–H groups in total. The van der Waals surface area contributed by atoms with Crippen molar-refractivity contribution in [3.63, 3.8) is 0 Å². The van der Waals surface area contributed by atoms with Gasteiger partial charge in [0, 0.05) is 23.0 Å². The number of azide groups is 1. The van der Waals surface area contributed by atoms with Crippen molar-refractivity contribution in [2.45, 2.75) is 89.6 Å². The predicted molar refractivity (Wildman–Crippen MR) is 149 cm³/mol. The van der Waals surface area contributed by atoms with Crippen LogP contribution in [-0.2, 0) is 28.4 Å². The quantitative estimate of drug-likeness (QED) is 0.0439. The summed E-state index contributed by atoms with van der Waals surface area (Å²) < 4.78 is 30.8. The number of esters is 2. The van der Waals surface area contributed by atoms with E-state index < -0.39 is 66.9 Å². The Labute approximate surface area is 241 Å². The number of hydrogen-bond donors (Lipinski definition) is 5. The number of hydrogen-bond acceptors (Lipinski definition) is 11. The molecule has 0 spiro atoms. The molecule has 42 heavy (non-hydrogen) atoms. The van der Waals surface area contributed by atoms with Crippen LogP contribution in [0.2, 0.25) is 0 Å². The van der Waals surface area contributed by atoms with Crippen molar-refractivity contribution >= 4 is 19.4 Å². The molecule has 2 unspecified atom stereocenters. The van der Waals surface area contributed by atoms with Gasteiger partial charge in [-0.3, -0.25) is 28.5 Å². The van der Waals surface area contributed by atoms with E-state index in [1.807, 2.05) is 18.8 Å². The molecule has 1 fully saturated rings. The highest BCUT2D eigenvalue weighted by atomic mass is 31.2. The van der Waals surface area contributed by atoms with Gasteiger partial charge in [0.05, 0.1) is 13.2 Å². The first-order chi connectivity index (χ1) is 19.8. The minimum absolute atomic E-state index is 0.137. The number of unbranched alkanes of at least 4 members (excludes halogenated alkanes) is 2. The standard InChI is InChI=1S/C24H38N7O10P/c1-5-7-12-39-21(35)15(3)27-42(38,28-16(4)22(36)40-13-8-6-2)14-10-24(29-30-25)19(34)18(33)20(41-24)31-11-9-17(32)26-23(31)37/h9-11,14-16,18-20,33-34H,5-8,12-13H2,1-4H3,(H,26,32,37)(H2,27,28,38)/b14-10+/t15-,16+,18-,19+,20-,24?,42?/m1/s1. The van der Waals surface area contributed by atoms with E-state index in [1.54, 1.807) is 0 Å². The average Bonchev–Trinajstić information content (AvgIpc) is 3.17. The normalized spacial score (nSPS) is 24.9. The van der Waals surface area contributed by atoms with Crippen molar-refractivity contribution in [3.8, 4) is 0 Å². The van der Waals surface area contributed by atoms with Gasteiger partial charge in [-0.25, -0.2) is 15.0 Å². The fourth-order valence-corrected chi connectivity index (χ4v) is 5.84. The largest absolute Gasteiger partial charge is 0.465 e. The maximum absolute atomic E-state index is 14.1. The van der Waals surface area contributed by atoms with E-state index in [9.17, 15) is 39.5 Å². The molecule has 1 aliphatic heterocycles. The number of ether oxygens (including phenoxy) is 3. The lowest BCUT2D eigenvalue weighted by Crippen LogP contribution is -2.42. The Kier molecular flexibility index (Phi) is 13.1. The molecule has 7 atom stereocenters. The lowest BCUT2D eigenvalue weighted by atomic mass is 10.1. The maximum atomic E-state index is 14.1. The minimum Gasteiger partial charge on any atom is -0.465 e. The number of carbonyl (C=O) groups is 2. The molecule has 0 aromatic carbocycles. The summed E-state index contributed by atoms with van der Waals surface area (Å²) in [6.45, 7) is 6.86. The zero-order valence-electron chi connectivity index (χ0n) is 23.8. The summed E-state index contributed by atoms with van der Waals surface area (Å²) >= 11 is 0. The summed E-state index contributed by atoms with van der Waals surface area (Å²) in [5, 5.41) is 30.1. The first-order valence-corrected chi connectivity index (χ1v) is 15.2. The van der Waals surface area contributed by atoms with Gasteiger partial charge in [0.2, 0.25) is 7.44 Å². The number of aromatic amines is 1. The summed E-state index contributed by atoms with van der Waals surface area (Å²) in [6.07, 6.45) is -0.833. The third-order valence-corrected chi connectivity index (χ3v) is 8.27. The molecule has 1 aromatic rings. The number of nitrogens with zero attached hydrogens (tertiary/aromatic N) is 4. The molecule has 17 nitrogen and oxygen atoms in total. The summed E-state index contributed by atoms with van der Waals surface area (Å²) in [5.41, 5.74) is 5.10. The summed E-state index contributed by atoms with van der Waals surface area (Å²) in [4.78, 5) is 53.4. The first kappa shape index (κ1) is 34.9. The molecule has 0 saturated carbocycles. The second kappa shape index (κ2) is 15.8. The van der Waals surface area contributed by atoms with Crippen molar-refractivity contribution < 1.29 is 38.6 Å². The van der Waals surface area contributed by atoms with Crippen molar-refractivity contribution in [2.75, 3.05) is 13.2 Å². The van der Waals surface area contributed by atoms with Crippen LogP contribution < -0.4 is 21.4 Å². The third-order valence-electron chi connectivity index (χ3n) is 6.16. The van der Waals surface area contributed by atoms with E-state index in [0.29, 0.717) is 12.8 Å². The summed E-state index contributed by atoms with van der Waals surface area (Å²) in [7, 11) is -4.14. The second-order valence-corrected chi connectivity index (χ2v) is 11.8. The van der Waals surface area contributed by atoms with Gasteiger partial charge < -0.3 is 24.4 Å². The van der Waals surface area contributed by atoms with Crippen LogP contribution in [0.25, 0.3) is 10.4 Å². The fourth-order valence-electron chi connectivity index (χ4n) is 3.81. The van der Waals surface area contributed by atoms with Gasteiger partial charge >= 0.3 is 17.6 Å². The molecular weight excluding hydrogens is 577 g/mol. The molecule has 2 rings (SSSR count). The van der Waals surface area contributed by atoms with Gasteiger partial charge in [0.1, 0.15) is 24.3 Å². The van der Waals surface area contributed by atoms with Crippen LogP contribution in [-0.4, -0.2) is 74.9 Å². The number of rotatable bonds is 16. The van der Waals surface area contributed by atoms with Crippen molar-refractivity contribution in [1.82, 2.24) is 19.7 Å². The topological polar surface area (TPSA) is 247 Å². The highest BCUT2D eigenvalue weighted by molar-refractivity contribution is 7.63. The van der Waals surface area contributed by atoms with Gasteiger partial charge in [0.25, 0.3) is 5.56 Å². The van der Waals surface area contributed by atoms with Crippen LogP contribution in [0.4, 0.5) is 0 Å². The molecule has 0 aliphatic carbocycles. The zero-order chi connectivity index (χ0) is 31.5. The first-order valence-electron chi connectivity index (χ1n) is 13.4. The Morgan fingerprint density at radius 2 is 1.74 bits per heavy atom. The number of aliphatic hydroxyl groups excluding tert-OH is 2. The van der Waals surface area contributed by atoms with E-state index in [1.165, 1.54) is 13.8 Å². The van der Waals surface area contributed by atoms with E-state index in [0.717, 1.165) is 41.6 Å². The molecular formula is C24H38N7O10P. The SMILES string of the molecule is CCCCOC(=O)[C@H](C)NP(=O)(/C=C/C1(N=[N+]=[N-])O[C@@H](n2ccc(=O)[nH]c2=O)[C@H](O)[C@@H]1O)N[C@H](C)C(=O)OCCCC. The van der Waals surface area contributed by atoms with Gasteiger partial charge in [-0.1, -0.05) is 31.8 Å². The molecule has 2 heterocycles. The van der Waals surface area contributed by atoms with Crippen LogP contribution in [0.5, 0.6) is 0 Å². The van der Waals surface area contributed by atoms with Crippen LogP contribution in [0.3, 0.4) is 0 Å². The van der Waals surface area contributed by atoms with E-state index in [-0.39, 0.29) is 13.2 Å². The number of nitrogens with one attached hydrogen (secondary N) is 3. The van der Waals surface area contributed by atoms with Crippen LogP contribution >= 0.6 is 7.44 Å². The van der Waals surface area contributed by atoms with Crippen molar-refractivity contribution in [2.24, 2.45) is 5.11 Å². The van der Waals surface area contributed by atoms with Gasteiger partial charge in [-0.2, -0.15) is 0 Å². The van der Waals surface area contributed by atoms with Crippen LogP contribution in [0.15, 0.2) is 38.9 Å². The average molecular weight is 616 g/mol. The van der Waals surface area contributed by atoms with Crippen LogP contribution in [0.1, 0.15) is 59.6 Å². The molecule has 1 aliphatic rings. The number of aromatic nitrogens is 2. The summed E-state index contributed by atoms with van der Waals surface area (Å²) in [6, 6.07) is -1.34. The lowest BCUT2D eigenvalue weighted by molar-refractivity contribution is -0.145. The number of H-pyrrole nitrogens is 1. The fraction of sp³-hybridized carbons (Fsp3) is 0.667. The highest BCUT2D eigenvalue weighted by Crippen LogP contribution is 2.44. The second-order valence-electron chi connectivity index (χ2n) is 9.62. The maximum Gasteiger partial charge on any atom is 0.330 e. The Bertz CT molecular complexity index is 1290. The van der Waals surface area contributed by atoms with Gasteiger partial charge in [-0.05, 0) is 38.3 Å². The predicted octanol–water partition coefficient (Wildman–Crippen LogP) is 1.14. The molecule has 1 saturated heterocycles. The third kappa shape index (κ3) is 9.10. The molecule has 0 amide bonds. The molecule has 234 valence electrons. The van der Waals surface area contributed by atoms with Gasteiger partial charge in [-0.15, -0.1) is 0 Å². The zero-order valence-corrected chi connectivity index (χ0v) is 24.7. The van der Waals surface area contributed by atoms with Crippen molar-refractivity contribution in [1.29, 1.82) is 0 Å². The van der Waals surface area contributed by atoms with Crippen LogP contribution in [0, 0.1) is 0 Å². The van der Waals surface area contributed by atoms with Crippen molar-refractivity contribution in [3.05, 3.63) is 55.4 Å². The number of carbonyl (C=O) groups excluding carboxylic acids is 2. The molecule has 1 aromatic heterocycles. The summed E-state index contributed by atoms with van der Waals surface area (Å²) in [5.74, 6) is -0.555.